The van der Waals surface area contributed by atoms with Gasteiger partial charge in [0.05, 0.1) is 0 Å². The van der Waals surface area contributed by atoms with Gasteiger partial charge in [-0.3, -0.25) is 4.79 Å². The molecule has 3 N–H and O–H groups in total. The molecule has 1 amide bonds. The number of nitrogens with two attached hydrogens (primary N) is 1. The van der Waals surface area contributed by atoms with E-state index in [-0.39, 0.29) is 5.56 Å². The molecule has 4 nitrogen and oxygen atoms in total. The number of nitrogens with one attached hydrogen (secondary N) is 1. The van der Waals surface area contributed by atoms with Crippen LogP contribution in [0.1, 0.15) is 24.2 Å². The van der Waals surface area contributed by atoms with Crippen LogP contribution < -0.4 is 11.1 Å². The number of halogens is 2. The summed E-state index contributed by atoms with van der Waals surface area (Å²) in [5, 5.41) is 2.60. The summed E-state index contributed by atoms with van der Waals surface area (Å²) in [6, 6.07) is 2.23. The summed E-state index contributed by atoms with van der Waals surface area (Å²) >= 11 is 0. The van der Waals surface area contributed by atoms with Gasteiger partial charge < -0.3 is 16.0 Å². The normalized spacial score (nSPS) is 11.1. The lowest BCUT2D eigenvalue weighted by Gasteiger charge is -2.20. The van der Waals surface area contributed by atoms with Gasteiger partial charge in [-0.1, -0.05) is 0 Å². The molecule has 0 unspecified atom stereocenters. The number of benzene rings is 1. The average Bonchev–Trinajstić information content (AvgIpc) is 2.34. The Hall–Kier alpha value is -1.69. The molecule has 1 aromatic rings. The third kappa shape index (κ3) is 4.17. The van der Waals surface area contributed by atoms with Crippen LogP contribution >= 0.6 is 0 Å². The Balaban J connectivity index is 2.59. The van der Waals surface area contributed by atoms with Crippen LogP contribution in [0.5, 0.6) is 0 Å². The van der Waals surface area contributed by atoms with Gasteiger partial charge in [-0.2, -0.15) is 0 Å². The lowest BCUT2D eigenvalue weighted by atomic mass is 10.1. The fourth-order valence-electron chi connectivity index (χ4n) is 1.42. The highest BCUT2D eigenvalue weighted by molar-refractivity contribution is 5.94. The van der Waals surface area contributed by atoms with Crippen molar-refractivity contribution in [2.24, 2.45) is 0 Å². The van der Waals surface area contributed by atoms with E-state index >= 15 is 0 Å². The topological polar surface area (TPSA) is 58.4 Å². The lowest BCUT2D eigenvalue weighted by molar-refractivity contribution is 0.0947. The number of rotatable bonds is 5. The second kappa shape index (κ2) is 6.47. The monoisotopic (exact) mass is 271 g/mol. The number of carbonyl (C=O) groups is 1. The average molecular weight is 271 g/mol. The highest BCUT2D eigenvalue weighted by Gasteiger charge is 2.13. The Bertz CT molecular complexity index is 440. The van der Waals surface area contributed by atoms with Crippen LogP contribution in [0.3, 0.4) is 0 Å². The molecule has 0 saturated heterocycles. The number of hydrogen-bond acceptors (Lipinski definition) is 3. The lowest BCUT2D eigenvalue weighted by Crippen LogP contribution is -2.36. The van der Waals surface area contributed by atoms with Gasteiger partial charge in [0.1, 0.15) is 17.3 Å². The number of carbonyl (C=O) groups excluding carboxylic acids is 1. The Morgan fingerprint density at radius 3 is 2.37 bits per heavy atom. The van der Waals surface area contributed by atoms with E-state index in [0.29, 0.717) is 19.1 Å². The molecule has 0 aliphatic rings. The minimum atomic E-state index is -0.926. The van der Waals surface area contributed by atoms with Crippen molar-refractivity contribution in [3.8, 4) is 0 Å². The summed E-state index contributed by atoms with van der Waals surface area (Å²) < 4.78 is 26.4. The maximum absolute atomic E-state index is 13.2. The molecule has 0 aromatic heterocycles. The molecular weight excluding hydrogens is 252 g/mol. The van der Waals surface area contributed by atoms with E-state index in [9.17, 15) is 13.6 Å². The highest BCUT2D eigenvalue weighted by atomic mass is 19.1. The molecule has 1 rings (SSSR count). The first kappa shape index (κ1) is 15.4. The first-order valence-corrected chi connectivity index (χ1v) is 6.06. The standard InChI is InChI=1S/C13H19F2N3O/c1-8(2)18(3)5-4-17-13(19)9-6-10(14)12(16)11(15)7-9/h6-8H,4-5,16H2,1-3H3,(H,17,19). The molecule has 0 heterocycles. The summed E-state index contributed by atoms with van der Waals surface area (Å²) in [6.45, 7) is 5.13. The zero-order valence-electron chi connectivity index (χ0n) is 11.3. The van der Waals surface area contributed by atoms with Crippen LogP contribution in [-0.2, 0) is 0 Å². The number of hydrogen-bond donors (Lipinski definition) is 2. The SMILES string of the molecule is CC(C)N(C)CCNC(=O)c1cc(F)c(N)c(F)c1. The number of nitrogens with zero attached hydrogens (tertiary/aromatic N) is 1. The predicted octanol–water partition coefficient (Wildman–Crippen LogP) is 1.62. The number of nitrogen functional groups attached to an aromatic ring is 1. The van der Waals surface area contributed by atoms with Gasteiger partial charge in [0.25, 0.3) is 5.91 Å². The zero-order valence-corrected chi connectivity index (χ0v) is 11.3. The van der Waals surface area contributed by atoms with Gasteiger partial charge in [0, 0.05) is 24.7 Å². The van der Waals surface area contributed by atoms with E-state index in [4.69, 9.17) is 5.73 Å². The third-order valence-electron chi connectivity index (χ3n) is 2.97. The molecule has 0 spiro atoms. The van der Waals surface area contributed by atoms with Crippen molar-refractivity contribution < 1.29 is 13.6 Å². The molecular formula is C13H19F2N3O. The molecule has 0 fully saturated rings. The fourth-order valence-corrected chi connectivity index (χ4v) is 1.42. The quantitative estimate of drug-likeness (QED) is 0.800. The van der Waals surface area contributed by atoms with Crippen molar-refractivity contribution in [2.45, 2.75) is 19.9 Å². The molecule has 0 bridgehead atoms. The zero-order chi connectivity index (χ0) is 14.6. The van der Waals surface area contributed by atoms with Gasteiger partial charge in [0.2, 0.25) is 0 Å². The van der Waals surface area contributed by atoms with Gasteiger partial charge >= 0.3 is 0 Å². The smallest absolute Gasteiger partial charge is 0.251 e. The minimum absolute atomic E-state index is 0.0728. The van der Waals surface area contributed by atoms with E-state index in [1.165, 1.54) is 0 Å². The van der Waals surface area contributed by atoms with E-state index < -0.39 is 23.2 Å². The van der Waals surface area contributed by atoms with Crippen LogP contribution in [0, 0.1) is 11.6 Å². The fraction of sp³-hybridized carbons (Fsp3) is 0.462. The number of anilines is 1. The van der Waals surface area contributed by atoms with Gasteiger partial charge in [-0.05, 0) is 33.0 Å². The Kier molecular flexibility index (Phi) is 5.23. The predicted molar refractivity (Wildman–Crippen MR) is 70.9 cm³/mol. The van der Waals surface area contributed by atoms with Crippen LogP contribution in [0.25, 0.3) is 0 Å². The number of likely N-dealkylation sites (N-methyl/N-ethyl adjacent to an activating group) is 1. The molecule has 6 heteroatoms. The summed E-state index contributed by atoms with van der Waals surface area (Å²) in [6.07, 6.45) is 0. The Labute approximate surface area is 111 Å². The van der Waals surface area contributed by atoms with E-state index in [0.717, 1.165) is 12.1 Å². The van der Waals surface area contributed by atoms with E-state index in [1.54, 1.807) is 0 Å². The molecule has 1 aromatic carbocycles. The third-order valence-corrected chi connectivity index (χ3v) is 2.97. The van der Waals surface area contributed by atoms with Crippen molar-refractivity contribution in [1.82, 2.24) is 10.2 Å². The minimum Gasteiger partial charge on any atom is -0.394 e. The van der Waals surface area contributed by atoms with Crippen molar-refractivity contribution in [1.29, 1.82) is 0 Å². The summed E-state index contributed by atoms with van der Waals surface area (Å²) in [4.78, 5) is 13.8. The van der Waals surface area contributed by atoms with Crippen molar-refractivity contribution in [3.05, 3.63) is 29.3 Å². The molecule has 0 aliphatic carbocycles. The van der Waals surface area contributed by atoms with Crippen molar-refractivity contribution in [2.75, 3.05) is 25.9 Å². The van der Waals surface area contributed by atoms with E-state index in [2.05, 4.69) is 5.32 Å². The molecule has 0 atom stereocenters. The largest absolute Gasteiger partial charge is 0.394 e. The maximum atomic E-state index is 13.2. The molecule has 19 heavy (non-hydrogen) atoms. The first-order chi connectivity index (χ1) is 8.82. The Morgan fingerprint density at radius 2 is 1.89 bits per heavy atom. The highest BCUT2D eigenvalue weighted by Crippen LogP contribution is 2.17. The van der Waals surface area contributed by atoms with Crippen molar-refractivity contribution >= 4 is 11.6 Å². The second-order valence-corrected chi connectivity index (χ2v) is 4.68. The Morgan fingerprint density at radius 1 is 1.37 bits per heavy atom. The van der Waals surface area contributed by atoms with Crippen LogP contribution in [0.15, 0.2) is 12.1 Å². The van der Waals surface area contributed by atoms with Crippen molar-refractivity contribution in [3.63, 3.8) is 0 Å². The van der Waals surface area contributed by atoms with Crippen LogP contribution in [-0.4, -0.2) is 37.0 Å². The summed E-state index contributed by atoms with van der Waals surface area (Å²) in [5.74, 6) is -2.37. The van der Waals surface area contributed by atoms with Gasteiger partial charge in [0.15, 0.2) is 0 Å². The second-order valence-electron chi connectivity index (χ2n) is 4.68. The molecule has 0 saturated carbocycles. The molecule has 0 radical (unpaired) electrons. The summed E-state index contributed by atoms with van der Waals surface area (Å²) in [7, 11) is 1.93. The van der Waals surface area contributed by atoms with Gasteiger partial charge in [-0.15, -0.1) is 0 Å². The van der Waals surface area contributed by atoms with E-state index in [1.807, 2.05) is 25.8 Å². The van der Waals surface area contributed by atoms with Gasteiger partial charge in [-0.25, -0.2) is 8.78 Å². The number of amides is 1. The van der Waals surface area contributed by atoms with Crippen LogP contribution in [0.4, 0.5) is 14.5 Å². The first-order valence-electron chi connectivity index (χ1n) is 6.06. The summed E-state index contributed by atoms with van der Waals surface area (Å²) in [5.41, 5.74) is 4.49. The molecule has 106 valence electrons. The molecule has 0 aliphatic heterocycles. The van der Waals surface area contributed by atoms with Crippen LogP contribution in [0.2, 0.25) is 0 Å². The maximum Gasteiger partial charge on any atom is 0.251 e.